The molecule has 1 fully saturated rings. The molecule has 112 valence electrons. The fourth-order valence-electron chi connectivity index (χ4n) is 2.20. The van der Waals surface area contributed by atoms with Gasteiger partial charge < -0.3 is 10.1 Å². The van der Waals surface area contributed by atoms with E-state index < -0.39 is 5.82 Å². The van der Waals surface area contributed by atoms with Crippen molar-refractivity contribution >= 4 is 11.6 Å². The quantitative estimate of drug-likeness (QED) is 0.918. The van der Waals surface area contributed by atoms with Gasteiger partial charge in [0.05, 0.1) is 16.3 Å². The van der Waals surface area contributed by atoms with Gasteiger partial charge in [0.25, 0.3) is 0 Å². The third kappa shape index (κ3) is 3.19. The second-order valence-corrected chi connectivity index (χ2v) is 5.73. The van der Waals surface area contributed by atoms with Crippen LogP contribution in [-0.2, 0) is 13.6 Å². The van der Waals surface area contributed by atoms with Crippen molar-refractivity contribution in [1.82, 2.24) is 15.1 Å². The first-order valence-corrected chi connectivity index (χ1v) is 7.31. The van der Waals surface area contributed by atoms with Crippen LogP contribution in [-0.4, -0.2) is 15.8 Å². The molecule has 2 aromatic rings. The van der Waals surface area contributed by atoms with E-state index in [1.807, 2.05) is 14.0 Å². The molecule has 3 rings (SSSR count). The number of rotatable bonds is 5. The van der Waals surface area contributed by atoms with Gasteiger partial charge in [-0.05, 0) is 31.9 Å². The second kappa shape index (κ2) is 5.66. The van der Waals surface area contributed by atoms with Gasteiger partial charge in [-0.3, -0.25) is 0 Å². The number of ether oxygens (including phenoxy) is 1. The molecule has 0 bridgehead atoms. The van der Waals surface area contributed by atoms with Gasteiger partial charge in [0, 0.05) is 25.7 Å². The lowest BCUT2D eigenvalue weighted by Gasteiger charge is -2.10. The fourth-order valence-corrected chi connectivity index (χ4v) is 2.37. The first-order valence-electron chi connectivity index (χ1n) is 6.93. The summed E-state index contributed by atoms with van der Waals surface area (Å²) >= 11 is 5.79. The predicted molar refractivity (Wildman–Crippen MR) is 79.3 cm³/mol. The molecule has 1 heterocycles. The zero-order valence-electron chi connectivity index (χ0n) is 12.0. The van der Waals surface area contributed by atoms with E-state index in [2.05, 4.69) is 10.4 Å². The van der Waals surface area contributed by atoms with Gasteiger partial charge in [-0.2, -0.15) is 5.10 Å². The molecule has 21 heavy (non-hydrogen) atoms. The molecule has 1 aromatic carbocycles. The summed E-state index contributed by atoms with van der Waals surface area (Å²) in [6.07, 6.45) is 2.45. The molecule has 1 N–H and O–H groups in total. The van der Waals surface area contributed by atoms with Gasteiger partial charge >= 0.3 is 0 Å². The number of aromatic nitrogens is 2. The van der Waals surface area contributed by atoms with Gasteiger partial charge in [-0.25, -0.2) is 9.07 Å². The number of aryl methyl sites for hydroxylation is 2. The lowest BCUT2D eigenvalue weighted by molar-refractivity contribution is 0.422. The zero-order valence-corrected chi connectivity index (χ0v) is 12.7. The third-order valence-corrected chi connectivity index (χ3v) is 3.83. The van der Waals surface area contributed by atoms with Gasteiger partial charge in [0.15, 0.2) is 0 Å². The Morgan fingerprint density at radius 1 is 1.48 bits per heavy atom. The maximum atomic E-state index is 13.2. The Balaban J connectivity index is 1.84. The summed E-state index contributed by atoms with van der Waals surface area (Å²) in [6, 6.07) is 4.93. The van der Waals surface area contributed by atoms with Crippen LogP contribution in [0, 0.1) is 12.7 Å². The first kappa shape index (κ1) is 14.4. The molecule has 0 spiro atoms. The van der Waals surface area contributed by atoms with E-state index in [1.165, 1.54) is 25.0 Å². The standard InChI is InChI=1S/C15H17ClFN3O/c1-9-12(8-18-10-3-4-10)15(20(2)19-9)21-11-5-6-14(17)13(16)7-11/h5-7,10,18H,3-4,8H2,1-2H3. The average molecular weight is 310 g/mol. The molecule has 1 saturated carbocycles. The van der Waals surface area contributed by atoms with Crippen molar-refractivity contribution in [3.8, 4) is 11.6 Å². The molecule has 0 radical (unpaired) electrons. The van der Waals surface area contributed by atoms with E-state index in [0.717, 1.165) is 11.3 Å². The van der Waals surface area contributed by atoms with E-state index in [-0.39, 0.29) is 5.02 Å². The summed E-state index contributed by atoms with van der Waals surface area (Å²) in [4.78, 5) is 0. The Hall–Kier alpha value is -1.59. The summed E-state index contributed by atoms with van der Waals surface area (Å²) in [5.74, 6) is 0.696. The predicted octanol–water partition coefficient (Wildman–Crippen LogP) is 3.57. The van der Waals surface area contributed by atoms with E-state index >= 15 is 0 Å². The van der Waals surface area contributed by atoms with Gasteiger partial charge in [-0.1, -0.05) is 11.6 Å². The zero-order chi connectivity index (χ0) is 15.0. The topological polar surface area (TPSA) is 39.1 Å². The van der Waals surface area contributed by atoms with Crippen molar-refractivity contribution in [1.29, 1.82) is 0 Å². The van der Waals surface area contributed by atoms with E-state index in [0.29, 0.717) is 24.2 Å². The Labute approximate surface area is 127 Å². The monoisotopic (exact) mass is 309 g/mol. The highest BCUT2D eigenvalue weighted by Gasteiger charge is 2.23. The van der Waals surface area contributed by atoms with Gasteiger partial charge in [0.2, 0.25) is 5.88 Å². The van der Waals surface area contributed by atoms with Crippen molar-refractivity contribution < 1.29 is 9.13 Å². The third-order valence-electron chi connectivity index (χ3n) is 3.54. The number of nitrogens with one attached hydrogen (secondary N) is 1. The van der Waals surface area contributed by atoms with Crippen LogP contribution in [0.4, 0.5) is 4.39 Å². The Bertz CT molecular complexity index is 667. The normalized spacial score (nSPS) is 14.5. The minimum atomic E-state index is -0.458. The van der Waals surface area contributed by atoms with Gasteiger partial charge in [0.1, 0.15) is 11.6 Å². The molecule has 0 saturated heterocycles. The minimum Gasteiger partial charge on any atom is -0.439 e. The van der Waals surface area contributed by atoms with Crippen molar-refractivity contribution in [2.75, 3.05) is 0 Å². The lowest BCUT2D eigenvalue weighted by atomic mass is 10.2. The van der Waals surface area contributed by atoms with Crippen LogP contribution in [0.2, 0.25) is 5.02 Å². The summed E-state index contributed by atoms with van der Waals surface area (Å²) in [5, 5.41) is 7.89. The highest BCUT2D eigenvalue weighted by Crippen LogP contribution is 2.30. The number of nitrogens with zero attached hydrogens (tertiary/aromatic N) is 2. The smallest absolute Gasteiger partial charge is 0.222 e. The minimum absolute atomic E-state index is 0.0454. The largest absolute Gasteiger partial charge is 0.439 e. The van der Waals surface area contributed by atoms with E-state index in [1.54, 1.807) is 10.7 Å². The van der Waals surface area contributed by atoms with E-state index in [9.17, 15) is 4.39 Å². The maximum absolute atomic E-state index is 13.2. The molecule has 0 atom stereocenters. The van der Waals surface area contributed by atoms with Crippen molar-refractivity contribution in [3.63, 3.8) is 0 Å². The van der Waals surface area contributed by atoms with E-state index in [4.69, 9.17) is 16.3 Å². The van der Waals surface area contributed by atoms with Gasteiger partial charge in [-0.15, -0.1) is 0 Å². The summed E-state index contributed by atoms with van der Waals surface area (Å²) < 4.78 is 20.8. The fraction of sp³-hybridized carbons (Fsp3) is 0.400. The molecule has 1 aliphatic rings. The lowest BCUT2D eigenvalue weighted by Crippen LogP contribution is -2.16. The van der Waals surface area contributed by atoms with Crippen LogP contribution < -0.4 is 10.1 Å². The highest BCUT2D eigenvalue weighted by molar-refractivity contribution is 6.30. The van der Waals surface area contributed by atoms with Crippen LogP contribution in [0.3, 0.4) is 0 Å². The van der Waals surface area contributed by atoms with Crippen LogP contribution in [0.15, 0.2) is 18.2 Å². The molecule has 1 aliphatic carbocycles. The molecule has 1 aromatic heterocycles. The van der Waals surface area contributed by atoms with Crippen molar-refractivity contribution in [2.24, 2.45) is 7.05 Å². The SMILES string of the molecule is Cc1nn(C)c(Oc2ccc(F)c(Cl)c2)c1CNC1CC1. The molecule has 0 aliphatic heterocycles. The molecule has 0 amide bonds. The van der Waals surface area contributed by atoms with Crippen molar-refractivity contribution in [3.05, 3.63) is 40.3 Å². The van der Waals surface area contributed by atoms with Crippen LogP contribution >= 0.6 is 11.6 Å². The highest BCUT2D eigenvalue weighted by atomic mass is 35.5. The molecule has 6 heteroatoms. The molecular weight excluding hydrogens is 293 g/mol. The second-order valence-electron chi connectivity index (χ2n) is 5.33. The van der Waals surface area contributed by atoms with Crippen molar-refractivity contribution in [2.45, 2.75) is 32.4 Å². The Kier molecular flexibility index (Phi) is 3.87. The van der Waals surface area contributed by atoms with Crippen LogP contribution in [0.5, 0.6) is 11.6 Å². The first-order chi connectivity index (χ1) is 10.0. The number of hydrogen-bond donors (Lipinski definition) is 1. The summed E-state index contributed by atoms with van der Waals surface area (Å²) in [5.41, 5.74) is 1.94. The molecule has 4 nitrogen and oxygen atoms in total. The number of halogens is 2. The van der Waals surface area contributed by atoms with Crippen LogP contribution in [0.25, 0.3) is 0 Å². The Morgan fingerprint density at radius 2 is 2.24 bits per heavy atom. The number of hydrogen-bond acceptors (Lipinski definition) is 3. The summed E-state index contributed by atoms with van der Waals surface area (Å²) in [7, 11) is 1.83. The molecule has 0 unspecified atom stereocenters. The number of benzene rings is 1. The maximum Gasteiger partial charge on any atom is 0.222 e. The van der Waals surface area contributed by atoms with Crippen LogP contribution in [0.1, 0.15) is 24.1 Å². The Morgan fingerprint density at radius 3 is 2.90 bits per heavy atom. The summed E-state index contributed by atoms with van der Waals surface area (Å²) in [6.45, 7) is 2.67. The molecular formula is C15H17ClFN3O. The average Bonchev–Trinajstić information content (AvgIpc) is 3.21.